The normalized spacial score (nSPS) is 22.0. The lowest BCUT2D eigenvalue weighted by Crippen LogP contribution is -2.51. The van der Waals surface area contributed by atoms with Crippen molar-refractivity contribution < 1.29 is 9.53 Å². The maximum atomic E-state index is 12.6. The van der Waals surface area contributed by atoms with Crippen LogP contribution in [-0.2, 0) is 6.54 Å². The van der Waals surface area contributed by atoms with Gasteiger partial charge in [0.2, 0.25) is 0 Å². The number of rotatable bonds is 7. The number of ether oxygens (including phenoxy) is 1. The number of nitrogens with one attached hydrogen (secondary N) is 2. The van der Waals surface area contributed by atoms with Crippen LogP contribution < -0.4 is 15.4 Å². The van der Waals surface area contributed by atoms with E-state index in [-0.39, 0.29) is 5.91 Å². The molecule has 1 amide bonds. The molecule has 29 heavy (non-hydrogen) atoms. The quantitative estimate of drug-likeness (QED) is 0.722. The minimum atomic E-state index is -0.0633. The van der Waals surface area contributed by atoms with E-state index in [0.717, 1.165) is 23.0 Å². The average Bonchev–Trinajstić information content (AvgIpc) is 3.25. The highest BCUT2D eigenvalue weighted by molar-refractivity contribution is 7.13. The van der Waals surface area contributed by atoms with Gasteiger partial charge in [-0.3, -0.25) is 4.79 Å². The molecule has 2 N–H and O–H groups in total. The lowest BCUT2D eigenvalue weighted by molar-refractivity contribution is 0.0575. The molecule has 2 aromatic rings. The summed E-state index contributed by atoms with van der Waals surface area (Å²) >= 11 is 1.47. The Bertz CT molecular complexity index is 805. The zero-order valence-electron chi connectivity index (χ0n) is 17.0. The molecule has 6 nitrogen and oxygen atoms in total. The van der Waals surface area contributed by atoms with E-state index < -0.39 is 0 Å². The maximum Gasteiger partial charge on any atom is 0.270 e. The number of amides is 1. The number of nitrogens with zero attached hydrogens (tertiary/aromatic N) is 2. The van der Waals surface area contributed by atoms with Gasteiger partial charge in [-0.05, 0) is 62.4 Å². The third kappa shape index (κ3) is 5.08. The molecule has 2 atom stereocenters. The molecule has 2 aliphatic heterocycles. The van der Waals surface area contributed by atoms with E-state index in [1.54, 1.807) is 7.11 Å². The number of carbonyl (C=O) groups is 1. The van der Waals surface area contributed by atoms with Crippen LogP contribution in [0.4, 0.5) is 5.13 Å². The number of benzene rings is 1. The van der Waals surface area contributed by atoms with Crippen LogP contribution in [0.15, 0.2) is 29.6 Å². The van der Waals surface area contributed by atoms with Crippen LogP contribution in [-0.4, -0.2) is 48.6 Å². The smallest absolute Gasteiger partial charge is 0.270 e. The first-order valence-electron chi connectivity index (χ1n) is 10.6. The SMILES string of the molecule is COc1ccc(CNc2nc(C(=O)NC[C@@H]3CCCN4CCCC[C@H]34)cs2)cc1. The molecule has 0 unspecified atom stereocenters. The maximum absolute atomic E-state index is 12.6. The molecule has 0 bridgehead atoms. The van der Waals surface area contributed by atoms with Gasteiger partial charge in [-0.15, -0.1) is 11.3 Å². The Balaban J connectivity index is 1.26. The molecule has 156 valence electrons. The van der Waals surface area contributed by atoms with Gasteiger partial charge < -0.3 is 20.3 Å². The van der Waals surface area contributed by atoms with E-state index in [9.17, 15) is 4.79 Å². The standard InChI is InChI=1S/C22H30N4O2S/c1-28-18-9-7-16(8-10-18)13-24-22-25-19(15-29-22)21(27)23-14-17-5-4-12-26-11-3-2-6-20(17)26/h7-10,15,17,20H,2-6,11-14H2,1H3,(H,23,27)(H,24,25)/t17-,20+/m0/s1. The second-order valence-electron chi connectivity index (χ2n) is 7.95. The van der Waals surface area contributed by atoms with Gasteiger partial charge in [0.25, 0.3) is 5.91 Å². The van der Waals surface area contributed by atoms with Gasteiger partial charge in [0.05, 0.1) is 7.11 Å². The highest BCUT2D eigenvalue weighted by Gasteiger charge is 2.33. The Hall–Kier alpha value is -2.12. The predicted molar refractivity (Wildman–Crippen MR) is 117 cm³/mol. The van der Waals surface area contributed by atoms with Crippen molar-refractivity contribution in [1.82, 2.24) is 15.2 Å². The molecule has 0 aliphatic carbocycles. The molecule has 3 heterocycles. The molecule has 0 radical (unpaired) electrons. The van der Waals surface area contributed by atoms with Gasteiger partial charge in [0.1, 0.15) is 11.4 Å². The zero-order chi connectivity index (χ0) is 20.1. The molecule has 7 heteroatoms. The van der Waals surface area contributed by atoms with Crippen molar-refractivity contribution >= 4 is 22.4 Å². The summed E-state index contributed by atoms with van der Waals surface area (Å²) in [5.41, 5.74) is 1.64. The number of carbonyl (C=O) groups excluding carboxylic acids is 1. The molecule has 1 aromatic carbocycles. The van der Waals surface area contributed by atoms with E-state index in [0.29, 0.717) is 24.2 Å². The summed E-state index contributed by atoms with van der Waals surface area (Å²) in [6.45, 7) is 3.87. The van der Waals surface area contributed by atoms with Gasteiger partial charge >= 0.3 is 0 Å². The average molecular weight is 415 g/mol. The van der Waals surface area contributed by atoms with Crippen molar-refractivity contribution in [2.45, 2.75) is 44.7 Å². The van der Waals surface area contributed by atoms with Crippen LogP contribution >= 0.6 is 11.3 Å². The van der Waals surface area contributed by atoms with E-state index in [2.05, 4.69) is 20.5 Å². The van der Waals surface area contributed by atoms with Crippen molar-refractivity contribution in [2.24, 2.45) is 5.92 Å². The van der Waals surface area contributed by atoms with Gasteiger partial charge in [-0.1, -0.05) is 18.6 Å². The fraction of sp³-hybridized carbons (Fsp3) is 0.545. The summed E-state index contributed by atoms with van der Waals surface area (Å²) < 4.78 is 5.18. The van der Waals surface area contributed by atoms with E-state index >= 15 is 0 Å². The van der Waals surface area contributed by atoms with Crippen molar-refractivity contribution in [3.8, 4) is 5.75 Å². The minimum absolute atomic E-state index is 0.0633. The van der Waals surface area contributed by atoms with Crippen LogP contribution in [0.2, 0.25) is 0 Å². The number of fused-ring (bicyclic) bond motifs is 1. The third-order valence-electron chi connectivity index (χ3n) is 6.09. The fourth-order valence-electron chi connectivity index (χ4n) is 4.51. The van der Waals surface area contributed by atoms with Gasteiger partial charge in [-0.25, -0.2) is 4.98 Å². The van der Waals surface area contributed by atoms with Crippen LogP contribution in [0.3, 0.4) is 0 Å². The Morgan fingerprint density at radius 3 is 2.86 bits per heavy atom. The number of aromatic nitrogens is 1. The van der Waals surface area contributed by atoms with Gasteiger partial charge in [-0.2, -0.15) is 0 Å². The Kier molecular flexibility index (Phi) is 6.67. The first kappa shape index (κ1) is 20.2. The second-order valence-corrected chi connectivity index (χ2v) is 8.81. The summed E-state index contributed by atoms with van der Waals surface area (Å²) in [5.74, 6) is 1.35. The number of methoxy groups -OCH3 is 1. The molecule has 0 spiro atoms. The monoisotopic (exact) mass is 414 g/mol. The molecular formula is C22H30N4O2S. The highest BCUT2D eigenvalue weighted by Crippen LogP contribution is 2.30. The first-order valence-corrected chi connectivity index (χ1v) is 11.5. The van der Waals surface area contributed by atoms with Crippen LogP contribution in [0.5, 0.6) is 5.75 Å². The highest BCUT2D eigenvalue weighted by atomic mass is 32.1. The van der Waals surface area contributed by atoms with Gasteiger partial charge in [0.15, 0.2) is 5.13 Å². The van der Waals surface area contributed by atoms with Gasteiger partial charge in [0, 0.05) is 24.5 Å². The minimum Gasteiger partial charge on any atom is -0.497 e. The van der Waals surface area contributed by atoms with Crippen molar-refractivity contribution in [3.05, 3.63) is 40.9 Å². The molecule has 2 aliphatic rings. The van der Waals surface area contributed by atoms with Crippen molar-refractivity contribution in [3.63, 3.8) is 0 Å². The van der Waals surface area contributed by atoms with Crippen LogP contribution in [0.25, 0.3) is 0 Å². The summed E-state index contributed by atoms with van der Waals surface area (Å²) in [6, 6.07) is 8.57. The zero-order valence-corrected chi connectivity index (χ0v) is 17.8. The van der Waals surface area contributed by atoms with Crippen molar-refractivity contribution in [1.29, 1.82) is 0 Å². The summed E-state index contributed by atoms with van der Waals surface area (Å²) in [4.78, 5) is 19.7. The third-order valence-corrected chi connectivity index (χ3v) is 6.89. The second kappa shape index (κ2) is 9.59. The fourth-order valence-corrected chi connectivity index (χ4v) is 5.20. The van der Waals surface area contributed by atoms with E-state index in [1.807, 2.05) is 29.6 Å². The van der Waals surface area contributed by atoms with E-state index in [4.69, 9.17) is 4.74 Å². The summed E-state index contributed by atoms with van der Waals surface area (Å²) in [7, 11) is 1.66. The number of piperidine rings is 2. The number of hydrogen-bond donors (Lipinski definition) is 2. The summed E-state index contributed by atoms with van der Waals surface area (Å²) in [5, 5.41) is 9.03. The molecule has 4 rings (SSSR count). The molecule has 2 saturated heterocycles. The Morgan fingerprint density at radius 1 is 1.21 bits per heavy atom. The number of anilines is 1. The lowest BCUT2D eigenvalue weighted by atomic mass is 9.83. The predicted octanol–water partition coefficient (Wildman–Crippen LogP) is 3.76. The molecule has 2 fully saturated rings. The molecular weight excluding hydrogens is 384 g/mol. The van der Waals surface area contributed by atoms with Crippen LogP contribution in [0.1, 0.15) is 48.2 Å². The molecule has 1 aromatic heterocycles. The van der Waals surface area contributed by atoms with Crippen LogP contribution in [0, 0.1) is 5.92 Å². The molecule has 0 saturated carbocycles. The Morgan fingerprint density at radius 2 is 2.03 bits per heavy atom. The summed E-state index contributed by atoms with van der Waals surface area (Å²) in [6.07, 6.45) is 6.37. The number of hydrogen-bond acceptors (Lipinski definition) is 6. The Labute approximate surface area is 176 Å². The van der Waals surface area contributed by atoms with Crippen molar-refractivity contribution in [2.75, 3.05) is 32.1 Å². The number of thiazole rings is 1. The van der Waals surface area contributed by atoms with E-state index in [1.165, 1.54) is 56.5 Å². The largest absolute Gasteiger partial charge is 0.497 e. The topological polar surface area (TPSA) is 66.5 Å². The lowest BCUT2D eigenvalue weighted by Gasteiger charge is -2.44. The first-order chi connectivity index (χ1) is 14.2.